The van der Waals surface area contributed by atoms with Gasteiger partial charge in [-0.3, -0.25) is 0 Å². The van der Waals surface area contributed by atoms with E-state index in [1.807, 2.05) is 25.1 Å². The summed E-state index contributed by atoms with van der Waals surface area (Å²) in [6, 6.07) is 7.72. The van der Waals surface area contributed by atoms with Crippen molar-refractivity contribution < 1.29 is 0 Å². The monoisotopic (exact) mass is 224 g/mol. The predicted octanol–water partition coefficient (Wildman–Crippen LogP) is 2.27. The Bertz CT molecular complexity index is 543. The summed E-state index contributed by atoms with van der Waals surface area (Å²) in [5.41, 5.74) is 3.74. The van der Waals surface area contributed by atoms with E-state index in [9.17, 15) is 0 Å². The molecule has 1 N–H and O–H groups in total. The molecule has 0 bridgehead atoms. The fourth-order valence-electron chi connectivity index (χ4n) is 1.50. The van der Waals surface area contributed by atoms with Crippen LogP contribution in [0, 0.1) is 18.3 Å². The first-order chi connectivity index (χ1) is 8.29. The molecule has 0 radical (unpaired) electrons. The van der Waals surface area contributed by atoms with Crippen molar-refractivity contribution in [3.63, 3.8) is 0 Å². The molecular weight excluding hydrogens is 212 g/mol. The summed E-state index contributed by atoms with van der Waals surface area (Å²) in [6.45, 7) is 2.65. The smallest absolute Gasteiger partial charge is 0.115 e. The zero-order valence-electron chi connectivity index (χ0n) is 9.51. The number of anilines is 1. The average molecular weight is 224 g/mol. The molecule has 2 rings (SSSR count). The van der Waals surface area contributed by atoms with Gasteiger partial charge in [0.25, 0.3) is 0 Å². The molecule has 0 aliphatic rings. The maximum Gasteiger partial charge on any atom is 0.115 e. The third kappa shape index (κ3) is 2.79. The maximum absolute atomic E-state index is 8.84. The van der Waals surface area contributed by atoms with Crippen molar-refractivity contribution >= 4 is 5.69 Å². The first kappa shape index (κ1) is 11.1. The van der Waals surface area contributed by atoms with Gasteiger partial charge in [0, 0.05) is 30.2 Å². The first-order valence-corrected chi connectivity index (χ1v) is 5.28. The summed E-state index contributed by atoms with van der Waals surface area (Å²) in [6.07, 6.45) is 5.04. The van der Waals surface area contributed by atoms with Gasteiger partial charge in [0.2, 0.25) is 0 Å². The third-order valence-corrected chi connectivity index (χ3v) is 2.46. The van der Waals surface area contributed by atoms with Gasteiger partial charge in [0.15, 0.2) is 0 Å². The van der Waals surface area contributed by atoms with Crippen LogP contribution in [0.25, 0.3) is 0 Å². The summed E-state index contributed by atoms with van der Waals surface area (Å²) in [4.78, 5) is 7.90. The molecule has 0 unspecified atom stereocenters. The van der Waals surface area contributed by atoms with Crippen molar-refractivity contribution in [3.05, 3.63) is 53.6 Å². The van der Waals surface area contributed by atoms with E-state index >= 15 is 0 Å². The summed E-state index contributed by atoms with van der Waals surface area (Å²) in [7, 11) is 0. The van der Waals surface area contributed by atoms with E-state index in [2.05, 4.69) is 21.4 Å². The van der Waals surface area contributed by atoms with Crippen LogP contribution in [0.3, 0.4) is 0 Å². The second-order valence-corrected chi connectivity index (χ2v) is 3.74. The van der Waals surface area contributed by atoms with Gasteiger partial charge >= 0.3 is 0 Å². The molecule has 0 fully saturated rings. The van der Waals surface area contributed by atoms with Crippen LogP contribution < -0.4 is 5.32 Å². The molecule has 0 amide bonds. The number of aryl methyl sites for hydroxylation is 1. The minimum atomic E-state index is 0.649. The molecule has 0 aliphatic carbocycles. The molecular formula is C13H12N4. The van der Waals surface area contributed by atoms with Crippen molar-refractivity contribution in [1.82, 2.24) is 9.97 Å². The Kier molecular flexibility index (Phi) is 3.31. The molecule has 1 aromatic carbocycles. The quantitative estimate of drug-likeness (QED) is 0.868. The van der Waals surface area contributed by atoms with E-state index in [1.54, 1.807) is 12.4 Å². The Morgan fingerprint density at radius 1 is 1.29 bits per heavy atom. The largest absolute Gasteiger partial charge is 0.381 e. The molecule has 84 valence electrons. The average Bonchev–Trinajstić information content (AvgIpc) is 2.39. The fourth-order valence-corrected chi connectivity index (χ4v) is 1.50. The zero-order valence-corrected chi connectivity index (χ0v) is 9.51. The lowest BCUT2D eigenvalue weighted by molar-refractivity contribution is 1.05. The highest BCUT2D eigenvalue weighted by Crippen LogP contribution is 2.17. The lowest BCUT2D eigenvalue weighted by atomic mass is 10.1. The minimum Gasteiger partial charge on any atom is -0.381 e. The van der Waals surface area contributed by atoms with Crippen molar-refractivity contribution in [1.29, 1.82) is 5.26 Å². The number of nitrogens with one attached hydrogen (secondary N) is 1. The molecule has 4 heteroatoms. The highest BCUT2D eigenvalue weighted by Gasteiger charge is 2.00. The van der Waals surface area contributed by atoms with E-state index in [-0.39, 0.29) is 0 Å². The van der Waals surface area contributed by atoms with E-state index in [1.165, 1.54) is 6.33 Å². The van der Waals surface area contributed by atoms with Crippen LogP contribution in [0.2, 0.25) is 0 Å². The number of aromatic nitrogens is 2. The van der Waals surface area contributed by atoms with Gasteiger partial charge in [-0.25, -0.2) is 9.97 Å². The van der Waals surface area contributed by atoms with Crippen LogP contribution in [0.5, 0.6) is 0 Å². The van der Waals surface area contributed by atoms with Crippen LogP contribution in [-0.2, 0) is 6.54 Å². The van der Waals surface area contributed by atoms with Gasteiger partial charge in [-0.15, -0.1) is 0 Å². The lowest BCUT2D eigenvalue weighted by Gasteiger charge is -2.09. The standard InChI is InChI=1S/C13H12N4/c1-10-2-3-11(5-14)4-13(10)17-8-12-6-15-9-16-7-12/h2-4,6-7,9,17H,8H2,1H3. The fraction of sp³-hybridized carbons (Fsp3) is 0.154. The van der Waals surface area contributed by atoms with Crippen molar-refractivity contribution in [2.45, 2.75) is 13.5 Å². The SMILES string of the molecule is Cc1ccc(C#N)cc1NCc1cncnc1. The number of rotatable bonds is 3. The third-order valence-electron chi connectivity index (χ3n) is 2.46. The molecule has 0 atom stereocenters. The summed E-state index contributed by atoms with van der Waals surface area (Å²) in [5, 5.41) is 12.1. The molecule has 2 aromatic rings. The van der Waals surface area contributed by atoms with Gasteiger partial charge < -0.3 is 5.32 Å². The van der Waals surface area contributed by atoms with Gasteiger partial charge in [-0.05, 0) is 24.6 Å². The first-order valence-electron chi connectivity index (χ1n) is 5.28. The molecule has 0 aliphatic heterocycles. The number of hydrogen-bond acceptors (Lipinski definition) is 4. The Labute approximate surface area is 100.0 Å². The lowest BCUT2D eigenvalue weighted by Crippen LogP contribution is -2.02. The number of hydrogen-bond donors (Lipinski definition) is 1. The van der Waals surface area contributed by atoms with E-state index in [0.29, 0.717) is 12.1 Å². The number of nitrogens with zero attached hydrogens (tertiary/aromatic N) is 3. The second-order valence-electron chi connectivity index (χ2n) is 3.74. The minimum absolute atomic E-state index is 0.649. The van der Waals surface area contributed by atoms with Crippen LogP contribution in [0.15, 0.2) is 36.9 Å². The molecule has 17 heavy (non-hydrogen) atoms. The van der Waals surface area contributed by atoms with E-state index < -0.39 is 0 Å². The number of benzene rings is 1. The molecule has 0 saturated heterocycles. The Balaban J connectivity index is 2.12. The Morgan fingerprint density at radius 2 is 2.06 bits per heavy atom. The normalized spacial score (nSPS) is 9.65. The van der Waals surface area contributed by atoms with Crippen LogP contribution >= 0.6 is 0 Å². The van der Waals surface area contributed by atoms with E-state index in [0.717, 1.165) is 16.8 Å². The Morgan fingerprint density at radius 3 is 2.76 bits per heavy atom. The van der Waals surface area contributed by atoms with Crippen LogP contribution in [-0.4, -0.2) is 9.97 Å². The van der Waals surface area contributed by atoms with Crippen LogP contribution in [0.1, 0.15) is 16.7 Å². The summed E-state index contributed by atoms with van der Waals surface area (Å²) < 4.78 is 0. The molecule has 0 spiro atoms. The zero-order chi connectivity index (χ0) is 12.1. The van der Waals surface area contributed by atoms with Crippen molar-refractivity contribution in [2.24, 2.45) is 0 Å². The maximum atomic E-state index is 8.84. The van der Waals surface area contributed by atoms with Gasteiger partial charge in [0.1, 0.15) is 6.33 Å². The van der Waals surface area contributed by atoms with Gasteiger partial charge in [-0.1, -0.05) is 6.07 Å². The van der Waals surface area contributed by atoms with Crippen LogP contribution in [0.4, 0.5) is 5.69 Å². The summed E-state index contributed by atoms with van der Waals surface area (Å²) >= 11 is 0. The number of nitriles is 1. The molecule has 0 saturated carbocycles. The van der Waals surface area contributed by atoms with Crippen molar-refractivity contribution in [3.8, 4) is 6.07 Å². The molecule has 1 heterocycles. The predicted molar refractivity (Wildman–Crippen MR) is 65.3 cm³/mol. The highest BCUT2D eigenvalue weighted by molar-refractivity contribution is 5.55. The van der Waals surface area contributed by atoms with E-state index in [4.69, 9.17) is 5.26 Å². The van der Waals surface area contributed by atoms with Gasteiger partial charge in [-0.2, -0.15) is 5.26 Å². The summed E-state index contributed by atoms with van der Waals surface area (Å²) in [5.74, 6) is 0. The highest BCUT2D eigenvalue weighted by atomic mass is 14.9. The molecule has 4 nitrogen and oxygen atoms in total. The Hall–Kier alpha value is -2.41. The van der Waals surface area contributed by atoms with Crippen molar-refractivity contribution in [2.75, 3.05) is 5.32 Å². The topological polar surface area (TPSA) is 61.6 Å². The second kappa shape index (κ2) is 5.08. The molecule has 1 aromatic heterocycles. The van der Waals surface area contributed by atoms with Gasteiger partial charge in [0.05, 0.1) is 11.6 Å².